The van der Waals surface area contributed by atoms with Crippen LogP contribution in [0.5, 0.6) is 0 Å². The predicted octanol–water partition coefficient (Wildman–Crippen LogP) is 17.8. The Hall–Kier alpha value is -3.67. The SMILES string of the molecule is CC/C=C/C=C/C=C/C=C/C=C/CCCC(=O)OCC(COC(=O)CCCCCCCCC/C=C/C/C=C/CCCCC)OC(=O)CCCCCCCCC/C=C/CCCCCCCC. The molecule has 0 amide bonds. The molecule has 1 unspecified atom stereocenters. The summed E-state index contributed by atoms with van der Waals surface area (Å²) in [6.45, 7) is 6.39. The van der Waals surface area contributed by atoms with Gasteiger partial charge in [0.25, 0.3) is 0 Å². The summed E-state index contributed by atoms with van der Waals surface area (Å²) in [5.41, 5.74) is 0. The van der Waals surface area contributed by atoms with Gasteiger partial charge < -0.3 is 14.2 Å². The molecule has 6 nitrogen and oxygen atoms in total. The first-order valence-corrected chi connectivity index (χ1v) is 26.8. The lowest BCUT2D eigenvalue weighted by Gasteiger charge is -2.18. The summed E-state index contributed by atoms with van der Waals surface area (Å²) in [7, 11) is 0. The average Bonchev–Trinajstić information content (AvgIpc) is 3.30. The van der Waals surface area contributed by atoms with E-state index in [0.29, 0.717) is 19.3 Å². The number of allylic oxidation sites excluding steroid dienone is 16. The number of hydrogen-bond acceptors (Lipinski definition) is 6. The Kier molecular flexibility index (Phi) is 50.0. The van der Waals surface area contributed by atoms with Gasteiger partial charge in [-0.3, -0.25) is 14.4 Å². The summed E-state index contributed by atoms with van der Waals surface area (Å²) < 4.78 is 16.7. The fourth-order valence-corrected chi connectivity index (χ4v) is 7.14. The van der Waals surface area contributed by atoms with Crippen molar-refractivity contribution >= 4 is 17.9 Å². The van der Waals surface area contributed by atoms with Gasteiger partial charge in [-0.05, 0) is 89.9 Å². The molecule has 0 heterocycles. The van der Waals surface area contributed by atoms with Gasteiger partial charge in [0.2, 0.25) is 0 Å². The molecular weight excluding hydrogens is 805 g/mol. The molecule has 0 aromatic rings. The molecular formula is C59H98O6. The Balaban J connectivity index is 4.48. The van der Waals surface area contributed by atoms with E-state index in [1.165, 1.54) is 128 Å². The standard InChI is InChI=1S/C59H98O6/c1-4-7-10-13-16-19-22-25-27-29-31-34-37-40-43-46-49-52-58(61)64-55-56(54-63-57(60)51-48-45-42-39-36-33-24-21-18-15-12-9-6-3)65-59(62)53-50-47-44-41-38-35-32-30-28-26-23-20-17-14-11-8-5-2/h9,12,15-16,18-19,21,24-28,33,36,39,42,56H,4-8,10-11,13-14,17,20,22-23,29-32,34-35,37-38,40-41,43-55H2,1-3H3/b12-9+,18-15+,19-16+,24-21+,27-25+,28-26+,36-33+,42-39+. The van der Waals surface area contributed by atoms with Gasteiger partial charge in [0.05, 0.1) is 0 Å². The second-order valence-corrected chi connectivity index (χ2v) is 17.5. The van der Waals surface area contributed by atoms with Crippen LogP contribution in [0.2, 0.25) is 0 Å². The molecule has 370 valence electrons. The third-order valence-electron chi connectivity index (χ3n) is 11.2. The Morgan fingerprint density at radius 3 is 1.15 bits per heavy atom. The Bertz CT molecular complexity index is 1310. The molecule has 0 bridgehead atoms. The zero-order chi connectivity index (χ0) is 47.2. The largest absolute Gasteiger partial charge is 0.462 e. The monoisotopic (exact) mass is 903 g/mol. The average molecular weight is 903 g/mol. The molecule has 65 heavy (non-hydrogen) atoms. The van der Waals surface area contributed by atoms with Crippen LogP contribution in [0.1, 0.15) is 239 Å². The summed E-state index contributed by atoms with van der Waals surface area (Å²) in [6.07, 6.45) is 69.7. The van der Waals surface area contributed by atoms with Crippen molar-refractivity contribution in [2.45, 2.75) is 245 Å². The smallest absolute Gasteiger partial charge is 0.306 e. The molecule has 0 aliphatic heterocycles. The number of rotatable bonds is 47. The summed E-state index contributed by atoms with van der Waals surface area (Å²) in [4.78, 5) is 38.0. The van der Waals surface area contributed by atoms with Crippen LogP contribution >= 0.6 is 0 Å². The second kappa shape index (κ2) is 52.9. The maximum Gasteiger partial charge on any atom is 0.306 e. The Morgan fingerprint density at radius 2 is 0.677 bits per heavy atom. The summed E-state index contributed by atoms with van der Waals surface area (Å²) in [6, 6.07) is 0. The van der Waals surface area contributed by atoms with Crippen LogP contribution in [-0.2, 0) is 28.6 Å². The molecule has 0 N–H and O–H groups in total. The van der Waals surface area contributed by atoms with Gasteiger partial charge in [-0.2, -0.15) is 0 Å². The van der Waals surface area contributed by atoms with E-state index in [0.717, 1.165) is 64.2 Å². The molecule has 0 spiro atoms. The van der Waals surface area contributed by atoms with Gasteiger partial charge in [0, 0.05) is 19.3 Å². The topological polar surface area (TPSA) is 78.9 Å². The first-order valence-electron chi connectivity index (χ1n) is 26.8. The fraction of sp³-hybridized carbons (Fsp3) is 0.678. The summed E-state index contributed by atoms with van der Waals surface area (Å²) in [5.74, 6) is -0.996. The van der Waals surface area contributed by atoms with E-state index in [1.54, 1.807) is 0 Å². The van der Waals surface area contributed by atoms with Gasteiger partial charge >= 0.3 is 17.9 Å². The van der Waals surface area contributed by atoms with Crippen LogP contribution in [0, 0.1) is 0 Å². The van der Waals surface area contributed by atoms with Gasteiger partial charge in [0.15, 0.2) is 6.10 Å². The maximum atomic E-state index is 12.8. The lowest BCUT2D eigenvalue weighted by atomic mass is 10.1. The third-order valence-corrected chi connectivity index (χ3v) is 11.2. The zero-order valence-electron chi connectivity index (χ0n) is 42.2. The van der Waals surface area contributed by atoms with E-state index >= 15 is 0 Å². The molecule has 0 fully saturated rings. The van der Waals surface area contributed by atoms with E-state index in [1.807, 2.05) is 54.7 Å². The number of ether oxygens (including phenoxy) is 3. The quantitative estimate of drug-likeness (QED) is 0.0199. The van der Waals surface area contributed by atoms with Crippen LogP contribution in [0.3, 0.4) is 0 Å². The minimum Gasteiger partial charge on any atom is -0.462 e. The molecule has 0 radical (unpaired) electrons. The van der Waals surface area contributed by atoms with Crippen LogP contribution in [-0.4, -0.2) is 37.2 Å². The highest BCUT2D eigenvalue weighted by Crippen LogP contribution is 2.14. The molecule has 0 aromatic carbocycles. The van der Waals surface area contributed by atoms with E-state index in [4.69, 9.17) is 14.2 Å². The molecule has 1 atom stereocenters. The van der Waals surface area contributed by atoms with Crippen molar-refractivity contribution in [3.05, 3.63) is 97.2 Å². The molecule has 0 aliphatic rings. The highest BCUT2D eigenvalue weighted by molar-refractivity contribution is 5.71. The Labute approximate surface area is 400 Å². The predicted molar refractivity (Wildman–Crippen MR) is 279 cm³/mol. The second-order valence-electron chi connectivity index (χ2n) is 17.5. The minimum absolute atomic E-state index is 0.107. The lowest BCUT2D eigenvalue weighted by molar-refractivity contribution is -0.167. The van der Waals surface area contributed by atoms with Crippen molar-refractivity contribution in [3.8, 4) is 0 Å². The zero-order valence-corrected chi connectivity index (χ0v) is 42.2. The number of esters is 3. The molecule has 0 saturated carbocycles. The van der Waals surface area contributed by atoms with E-state index in [9.17, 15) is 14.4 Å². The fourth-order valence-electron chi connectivity index (χ4n) is 7.14. The number of carbonyl (C=O) groups excluding carboxylic acids is 3. The van der Waals surface area contributed by atoms with Crippen molar-refractivity contribution in [1.29, 1.82) is 0 Å². The molecule has 0 saturated heterocycles. The molecule has 6 heteroatoms. The summed E-state index contributed by atoms with van der Waals surface area (Å²) in [5, 5.41) is 0. The van der Waals surface area contributed by atoms with E-state index in [2.05, 4.69) is 63.3 Å². The van der Waals surface area contributed by atoms with Crippen LogP contribution in [0.15, 0.2) is 97.2 Å². The lowest BCUT2D eigenvalue weighted by Crippen LogP contribution is -2.30. The van der Waals surface area contributed by atoms with Crippen molar-refractivity contribution in [3.63, 3.8) is 0 Å². The highest BCUT2D eigenvalue weighted by Gasteiger charge is 2.19. The van der Waals surface area contributed by atoms with Crippen LogP contribution in [0.4, 0.5) is 0 Å². The minimum atomic E-state index is -0.812. The van der Waals surface area contributed by atoms with Crippen molar-refractivity contribution in [1.82, 2.24) is 0 Å². The van der Waals surface area contributed by atoms with E-state index in [-0.39, 0.29) is 37.5 Å². The van der Waals surface area contributed by atoms with Crippen molar-refractivity contribution in [2.24, 2.45) is 0 Å². The first-order chi connectivity index (χ1) is 32.0. The highest BCUT2D eigenvalue weighted by atomic mass is 16.6. The number of unbranched alkanes of at least 4 members (excludes halogenated alkanes) is 24. The molecule has 0 aliphatic carbocycles. The third kappa shape index (κ3) is 51.2. The Morgan fingerprint density at radius 1 is 0.338 bits per heavy atom. The normalized spacial score (nSPS) is 12.8. The van der Waals surface area contributed by atoms with Crippen molar-refractivity contribution in [2.75, 3.05) is 13.2 Å². The van der Waals surface area contributed by atoms with Crippen LogP contribution < -0.4 is 0 Å². The van der Waals surface area contributed by atoms with Gasteiger partial charge in [0.1, 0.15) is 13.2 Å². The van der Waals surface area contributed by atoms with Crippen LogP contribution in [0.25, 0.3) is 0 Å². The maximum absolute atomic E-state index is 12.8. The van der Waals surface area contributed by atoms with E-state index < -0.39 is 6.10 Å². The number of hydrogen-bond donors (Lipinski definition) is 0. The van der Waals surface area contributed by atoms with Gasteiger partial charge in [-0.25, -0.2) is 0 Å². The molecule has 0 rings (SSSR count). The van der Waals surface area contributed by atoms with Gasteiger partial charge in [-0.15, -0.1) is 0 Å². The molecule has 0 aromatic heterocycles. The summed E-state index contributed by atoms with van der Waals surface area (Å²) >= 11 is 0. The van der Waals surface area contributed by atoms with Crippen molar-refractivity contribution < 1.29 is 28.6 Å². The van der Waals surface area contributed by atoms with Gasteiger partial charge in [-0.1, -0.05) is 227 Å². The first kappa shape index (κ1) is 61.3. The number of carbonyl (C=O) groups is 3.